The molecule has 0 aliphatic heterocycles. The molecule has 1 amide bonds. The second kappa shape index (κ2) is 6.15. The molecule has 0 aliphatic rings. The number of nitrogens with two attached hydrogens (primary N) is 1. The SMILES string of the molecule is CC(CN)NC(=O)c1ccccc1OC(F)F. The van der Waals surface area contributed by atoms with E-state index in [9.17, 15) is 13.6 Å². The van der Waals surface area contributed by atoms with Gasteiger partial charge in [-0.2, -0.15) is 8.78 Å². The number of carbonyl (C=O) groups excluding carboxylic acids is 1. The number of nitrogens with one attached hydrogen (secondary N) is 1. The van der Waals surface area contributed by atoms with Crippen LogP contribution in [0.2, 0.25) is 0 Å². The summed E-state index contributed by atoms with van der Waals surface area (Å²) in [6, 6.07) is 5.58. The van der Waals surface area contributed by atoms with Gasteiger partial charge in [0.05, 0.1) is 5.56 Å². The maximum atomic E-state index is 12.1. The quantitative estimate of drug-likeness (QED) is 0.822. The maximum Gasteiger partial charge on any atom is 0.387 e. The number of amides is 1. The van der Waals surface area contributed by atoms with Crippen molar-refractivity contribution in [1.82, 2.24) is 5.32 Å². The van der Waals surface area contributed by atoms with E-state index in [1.807, 2.05) is 0 Å². The Morgan fingerprint density at radius 3 is 2.71 bits per heavy atom. The Morgan fingerprint density at radius 2 is 2.12 bits per heavy atom. The van der Waals surface area contributed by atoms with E-state index in [0.717, 1.165) is 0 Å². The molecule has 4 nitrogen and oxygen atoms in total. The van der Waals surface area contributed by atoms with Gasteiger partial charge >= 0.3 is 6.61 Å². The van der Waals surface area contributed by atoms with Crippen molar-refractivity contribution in [3.05, 3.63) is 29.8 Å². The molecular formula is C11H14F2N2O2. The highest BCUT2D eigenvalue weighted by molar-refractivity contribution is 5.97. The number of benzene rings is 1. The summed E-state index contributed by atoms with van der Waals surface area (Å²) < 4.78 is 28.5. The molecule has 94 valence electrons. The summed E-state index contributed by atoms with van der Waals surface area (Å²) in [6.45, 7) is -0.978. The van der Waals surface area contributed by atoms with Crippen LogP contribution in [0, 0.1) is 0 Å². The lowest BCUT2D eigenvalue weighted by atomic mass is 10.1. The highest BCUT2D eigenvalue weighted by Crippen LogP contribution is 2.20. The third-order valence-electron chi connectivity index (χ3n) is 2.08. The molecule has 1 aromatic carbocycles. The molecule has 1 aromatic rings. The smallest absolute Gasteiger partial charge is 0.387 e. The molecule has 0 saturated carbocycles. The average Bonchev–Trinajstić information content (AvgIpc) is 2.28. The first-order valence-corrected chi connectivity index (χ1v) is 5.09. The Kier molecular flexibility index (Phi) is 4.84. The summed E-state index contributed by atoms with van der Waals surface area (Å²) in [5, 5.41) is 2.57. The number of rotatable bonds is 5. The minimum Gasteiger partial charge on any atom is -0.434 e. The highest BCUT2D eigenvalue weighted by Gasteiger charge is 2.16. The summed E-state index contributed by atoms with van der Waals surface area (Å²) in [5.41, 5.74) is 5.41. The van der Waals surface area contributed by atoms with Crippen LogP contribution in [0.25, 0.3) is 0 Å². The van der Waals surface area contributed by atoms with Crippen molar-refractivity contribution in [3.8, 4) is 5.75 Å². The fraction of sp³-hybridized carbons (Fsp3) is 0.364. The number of ether oxygens (including phenoxy) is 1. The largest absolute Gasteiger partial charge is 0.434 e. The topological polar surface area (TPSA) is 64.3 Å². The van der Waals surface area contributed by atoms with E-state index in [1.165, 1.54) is 18.2 Å². The second-order valence-corrected chi connectivity index (χ2v) is 3.48. The van der Waals surface area contributed by atoms with Crippen molar-refractivity contribution in [1.29, 1.82) is 0 Å². The van der Waals surface area contributed by atoms with Gasteiger partial charge in [0.25, 0.3) is 5.91 Å². The molecule has 0 spiro atoms. The van der Waals surface area contributed by atoms with Crippen LogP contribution in [0.5, 0.6) is 5.75 Å². The van der Waals surface area contributed by atoms with Gasteiger partial charge in [-0.05, 0) is 19.1 Å². The van der Waals surface area contributed by atoms with Crippen molar-refractivity contribution in [2.24, 2.45) is 5.73 Å². The zero-order valence-corrected chi connectivity index (χ0v) is 9.32. The molecule has 0 bridgehead atoms. The minimum absolute atomic E-state index is 0.0631. The second-order valence-electron chi connectivity index (χ2n) is 3.48. The van der Waals surface area contributed by atoms with Crippen LogP contribution in [0.4, 0.5) is 8.78 Å². The first-order chi connectivity index (χ1) is 8.04. The fourth-order valence-electron chi connectivity index (χ4n) is 1.21. The number of hydrogen-bond acceptors (Lipinski definition) is 3. The van der Waals surface area contributed by atoms with Gasteiger partial charge in [0.15, 0.2) is 0 Å². The van der Waals surface area contributed by atoms with E-state index in [-0.39, 0.29) is 23.9 Å². The van der Waals surface area contributed by atoms with Crippen LogP contribution >= 0.6 is 0 Å². The summed E-state index contributed by atoms with van der Waals surface area (Å²) in [5.74, 6) is -0.636. The van der Waals surface area contributed by atoms with Crippen LogP contribution in [0.15, 0.2) is 24.3 Å². The predicted molar refractivity (Wildman–Crippen MR) is 59.1 cm³/mol. The molecule has 0 saturated heterocycles. The van der Waals surface area contributed by atoms with E-state index >= 15 is 0 Å². The fourth-order valence-corrected chi connectivity index (χ4v) is 1.21. The Hall–Kier alpha value is -1.69. The van der Waals surface area contributed by atoms with Gasteiger partial charge in [-0.1, -0.05) is 12.1 Å². The van der Waals surface area contributed by atoms with E-state index in [1.54, 1.807) is 13.0 Å². The van der Waals surface area contributed by atoms with Crippen molar-refractivity contribution in [2.45, 2.75) is 19.6 Å². The molecule has 0 fully saturated rings. The molecule has 0 radical (unpaired) electrons. The minimum atomic E-state index is -2.96. The van der Waals surface area contributed by atoms with Gasteiger partial charge in [0.1, 0.15) is 5.75 Å². The molecular weight excluding hydrogens is 230 g/mol. The summed E-state index contributed by atoms with van der Waals surface area (Å²) >= 11 is 0. The Labute approximate surface area is 97.8 Å². The van der Waals surface area contributed by atoms with Gasteiger partial charge in [0, 0.05) is 12.6 Å². The molecule has 6 heteroatoms. The number of carbonyl (C=O) groups is 1. The van der Waals surface area contributed by atoms with E-state index < -0.39 is 12.5 Å². The van der Waals surface area contributed by atoms with Gasteiger partial charge in [-0.3, -0.25) is 4.79 Å². The van der Waals surface area contributed by atoms with Crippen LogP contribution < -0.4 is 15.8 Å². The Morgan fingerprint density at radius 1 is 1.47 bits per heavy atom. The lowest BCUT2D eigenvalue weighted by molar-refractivity contribution is -0.0501. The summed E-state index contributed by atoms with van der Waals surface area (Å²) in [6.07, 6.45) is 0. The molecule has 1 rings (SSSR count). The van der Waals surface area contributed by atoms with Crippen LogP contribution in [0.1, 0.15) is 17.3 Å². The molecule has 1 unspecified atom stereocenters. The zero-order valence-electron chi connectivity index (χ0n) is 9.32. The van der Waals surface area contributed by atoms with Gasteiger partial charge in [-0.15, -0.1) is 0 Å². The molecule has 0 aromatic heterocycles. The summed E-state index contributed by atoms with van der Waals surface area (Å²) in [4.78, 5) is 11.7. The number of alkyl halides is 2. The number of halogens is 2. The first kappa shape index (κ1) is 13.4. The molecule has 0 aliphatic carbocycles. The number of para-hydroxylation sites is 1. The van der Waals surface area contributed by atoms with E-state index in [0.29, 0.717) is 0 Å². The Bertz CT molecular complexity index is 385. The van der Waals surface area contributed by atoms with Crippen LogP contribution in [-0.2, 0) is 0 Å². The molecule has 1 atom stereocenters. The van der Waals surface area contributed by atoms with Gasteiger partial charge in [0.2, 0.25) is 0 Å². The van der Waals surface area contributed by atoms with E-state index in [2.05, 4.69) is 10.1 Å². The van der Waals surface area contributed by atoms with E-state index in [4.69, 9.17) is 5.73 Å². The first-order valence-electron chi connectivity index (χ1n) is 5.09. The monoisotopic (exact) mass is 244 g/mol. The van der Waals surface area contributed by atoms with Crippen molar-refractivity contribution in [2.75, 3.05) is 6.54 Å². The lowest BCUT2D eigenvalue weighted by Crippen LogP contribution is -2.38. The van der Waals surface area contributed by atoms with Crippen molar-refractivity contribution >= 4 is 5.91 Å². The molecule has 17 heavy (non-hydrogen) atoms. The maximum absolute atomic E-state index is 12.1. The predicted octanol–water partition coefficient (Wildman–Crippen LogP) is 1.36. The van der Waals surface area contributed by atoms with Crippen molar-refractivity contribution in [3.63, 3.8) is 0 Å². The lowest BCUT2D eigenvalue weighted by Gasteiger charge is -2.14. The molecule has 3 N–H and O–H groups in total. The van der Waals surface area contributed by atoms with Gasteiger partial charge < -0.3 is 15.8 Å². The third-order valence-corrected chi connectivity index (χ3v) is 2.08. The summed E-state index contributed by atoms with van der Waals surface area (Å²) in [7, 11) is 0. The highest BCUT2D eigenvalue weighted by atomic mass is 19.3. The standard InChI is InChI=1S/C11H14F2N2O2/c1-7(6-14)15-10(16)8-4-2-3-5-9(8)17-11(12)13/h2-5,7,11H,6,14H2,1H3,(H,15,16). The van der Waals surface area contributed by atoms with Crippen LogP contribution in [0.3, 0.4) is 0 Å². The Balaban J connectivity index is 2.85. The van der Waals surface area contributed by atoms with Crippen molar-refractivity contribution < 1.29 is 18.3 Å². The normalized spacial score (nSPS) is 12.3. The zero-order chi connectivity index (χ0) is 12.8. The number of hydrogen-bond donors (Lipinski definition) is 2. The third kappa shape index (κ3) is 3.99. The van der Waals surface area contributed by atoms with Gasteiger partial charge in [-0.25, -0.2) is 0 Å². The molecule has 0 heterocycles. The average molecular weight is 244 g/mol. The van der Waals surface area contributed by atoms with Crippen LogP contribution in [-0.4, -0.2) is 25.1 Å².